The van der Waals surface area contributed by atoms with Gasteiger partial charge in [-0.15, -0.1) is 5.53 Å². The summed E-state index contributed by atoms with van der Waals surface area (Å²) < 4.78 is 28.9. The Labute approximate surface area is 217 Å². The third-order valence-corrected chi connectivity index (χ3v) is 6.16. The molecule has 192 valence electrons. The molecule has 1 saturated carbocycles. The number of aromatic nitrogens is 2. The second-order valence-corrected chi connectivity index (χ2v) is 10.4. The van der Waals surface area contributed by atoms with Crippen molar-refractivity contribution in [1.29, 1.82) is 5.26 Å². The zero-order chi connectivity index (χ0) is 27.1. The number of nitrogens with one attached hydrogen (secondary N) is 4. The van der Waals surface area contributed by atoms with Gasteiger partial charge >= 0.3 is 0 Å². The molecule has 2 aliphatic rings. The van der Waals surface area contributed by atoms with Crippen LogP contribution < -0.4 is 26.3 Å². The summed E-state index contributed by atoms with van der Waals surface area (Å²) in [5, 5.41) is 19.2. The summed E-state index contributed by atoms with van der Waals surface area (Å²) in [7, 11) is 1.55. The van der Waals surface area contributed by atoms with E-state index in [0.717, 1.165) is 12.8 Å². The van der Waals surface area contributed by atoms with Crippen LogP contribution in [0.25, 0.3) is 10.9 Å². The third kappa shape index (κ3) is 5.37. The van der Waals surface area contributed by atoms with E-state index in [9.17, 15) is 11.0 Å². The molecular weight excluding hydrogens is 471 g/mol. The first-order chi connectivity index (χ1) is 18.1. The number of rotatable bonds is 8. The summed E-state index contributed by atoms with van der Waals surface area (Å²) in [5.41, 5.74) is 9.33. The fourth-order valence-electron chi connectivity index (χ4n) is 4.09. The summed E-state index contributed by atoms with van der Waals surface area (Å²) in [5.74, 6) is -0.141. The van der Waals surface area contributed by atoms with Gasteiger partial charge < -0.3 is 20.8 Å². The van der Waals surface area contributed by atoms with Crippen molar-refractivity contribution >= 4 is 22.3 Å². The molecule has 4 N–H and O–H groups in total. The van der Waals surface area contributed by atoms with Gasteiger partial charge in [0.2, 0.25) is 5.95 Å². The van der Waals surface area contributed by atoms with Crippen LogP contribution in [0.2, 0.25) is 0 Å². The molecule has 1 fully saturated rings. The summed E-state index contributed by atoms with van der Waals surface area (Å²) in [6.45, 7) is 6.95. The molecule has 1 aliphatic carbocycles. The largest absolute Gasteiger partial charge is 0.494 e. The average molecular weight is 504 g/mol. The average Bonchev–Trinajstić information content (AvgIpc) is 3.62. The van der Waals surface area contributed by atoms with Crippen molar-refractivity contribution in [2.75, 3.05) is 24.3 Å². The molecule has 37 heavy (non-hydrogen) atoms. The minimum absolute atomic E-state index is 0.0325. The molecule has 0 saturated heterocycles. The SMILES string of the molecule is [2H][C@](Nc1cc(OC)c2ncc(C#N)c(NCC(C)(C)C)c2c1)(C1=CN(C2CC2)NN1)c1ccc(F)nc1. The smallest absolute Gasteiger partial charge is 0.212 e. The number of hydrogen-bond acceptors (Lipinski definition) is 9. The maximum atomic E-state index is 13.7. The molecule has 0 spiro atoms. The molecule has 0 radical (unpaired) electrons. The molecule has 3 aromatic rings. The van der Waals surface area contributed by atoms with Crippen molar-refractivity contribution in [3.63, 3.8) is 0 Å². The van der Waals surface area contributed by atoms with E-state index in [2.05, 4.69) is 58.4 Å². The van der Waals surface area contributed by atoms with E-state index < -0.39 is 12.0 Å². The lowest BCUT2D eigenvalue weighted by atomic mass is 9.96. The third-order valence-electron chi connectivity index (χ3n) is 6.16. The first kappa shape index (κ1) is 23.3. The Morgan fingerprint density at radius 1 is 1.30 bits per heavy atom. The summed E-state index contributed by atoms with van der Waals surface area (Å²) in [6.07, 6.45) is 6.87. The number of hydrazine groups is 2. The van der Waals surface area contributed by atoms with Crippen LogP contribution in [0.1, 0.15) is 52.1 Å². The second kappa shape index (κ2) is 9.75. The molecule has 1 atom stereocenters. The molecule has 5 rings (SSSR count). The number of fused-ring (bicyclic) bond motifs is 1. The van der Waals surface area contributed by atoms with Crippen molar-refractivity contribution in [2.24, 2.45) is 5.41 Å². The van der Waals surface area contributed by atoms with E-state index in [1.807, 2.05) is 17.3 Å². The number of hydrogen-bond donors (Lipinski definition) is 4. The minimum atomic E-state index is -1.56. The Kier molecular flexibility index (Phi) is 6.14. The standard InChI is InChI=1S/C27H31FN8O/c1-27(2,3)15-32-24-17(11-29)13-31-26-20(24)9-18(10-22(26)37-4)33-25(16-5-8-23(28)30-12-16)21-14-36(35-34-21)19-6-7-19/h5,8-10,12-14,19,25,33-35H,6-7,15H2,1-4H3,(H,31,32)/t25-/m1/s1/i25D. The van der Waals surface area contributed by atoms with Gasteiger partial charge in [0.15, 0.2) is 0 Å². The first-order valence-corrected chi connectivity index (χ1v) is 12.2. The molecule has 1 aromatic carbocycles. The summed E-state index contributed by atoms with van der Waals surface area (Å²) >= 11 is 0. The number of halogens is 1. The molecule has 3 heterocycles. The predicted octanol–water partition coefficient (Wildman–Crippen LogP) is 4.59. The van der Waals surface area contributed by atoms with Crippen LogP contribution in [0, 0.1) is 22.7 Å². The number of benzene rings is 1. The van der Waals surface area contributed by atoms with Crippen LogP contribution in [0.15, 0.2) is 48.6 Å². The van der Waals surface area contributed by atoms with Crippen LogP contribution >= 0.6 is 0 Å². The van der Waals surface area contributed by atoms with E-state index in [1.54, 1.807) is 13.2 Å². The lowest BCUT2D eigenvalue weighted by molar-refractivity contribution is 0.260. The van der Waals surface area contributed by atoms with Gasteiger partial charge in [-0.1, -0.05) is 26.8 Å². The number of anilines is 2. The molecule has 0 bridgehead atoms. The monoisotopic (exact) mass is 503 g/mol. The Bertz CT molecular complexity index is 1430. The fourth-order valence-corrected chi connectivity index (χ4v) is 4.09. The lowest BCUT2D eigenvalue weighted by Crippen LogP contribution is -2.38. The number of pyridine rings is 2. The molecule has 9 nitrogen and oxygen atoms in total. The van der Waals surface area contributed by atoms with Gasteiger partial charge in [-0.05, 0) is 36.0 Å². The van der Waals surface area contributed by atoms with Crippen molar-refractivity contribution < 1.29 is 10.5 Å². The van der Waals surface area contributed by atoms with E-state index >= 15 is 0 Å². The Morgan fingerprint density at radius 2 is 2.11 bits per heavy atom. The Balaban J connectivity index is 1.62. The number of methoxy groups -OCH3 is 1. The quantitative estimate of drug-likeness (QED) is 0.328. The molecule has 10 heteroatoms. The molecular formula is C27H31FN8O. The predicted molar refractivity (Wildman–Crippen MR) is 141 cm³/mol. The van der Waals surface area contributed by atoms with Gasteiger partial charge in [-0.2, -0.15) is 9.65 Å². The highest BCUT2D eigenvalue weighted by Crippen LogP contribution is 2.38. The Hall–Kier alpha value is -4.10. The Morgan fingerprint density at radius 3 is 2.76 bits per heavy atom. The van der Waals surface area contributed by atoms with Gasteiger partial charge in [-0.25, -0.2) is 4.98 Å². The van der Waals surface area contributed by atoms with Crippen molar-refractivity contribution in [3.8, 4) is 11.8 Å². The van der Waals surface area contributed by atoms with Gasteiger partial charge in [-0.3, -0.25) is 9.99 Å². The summed E-state index contributed by atoms with van der Waals surface area (Å²) in [4.78, 5) is 8.29. The second-order valence-electron chi connectivity index (χ2n) is 10.4. The fraction of sp³-hybridized carbons (Fsp3) is 0.370. The van der Waals surface area contributed by atoms with Crippen LogP contribution in [0.5, 0.6) is 5.75 Å². The number of nitriles is 1. The topological polar surface area (TPSA) is 110 Å². The zero-order valence-corrected chi connectivity index (χ0v) is 21.3. The highest BCUT2D eigenvalue weighted by molar-refractivity contribution is 5.99. The van der Waals surface area contributed by atoms with Gasteiger partial charge in [0.1, 0.15) is 17.3 Å². The minimum Gasteiger partial charge on any atom is -0.494 e. The molecule has 0 unspecified atom stereocenters. The van der Waals surface area contributed by atoms with Gasteiger partial charge in [0.25, 0.3) is 0 Å². The normalized spacial score (nSPS) is 17.4. The van der Waals surface area contributed by atoms with E-state index in [4.69, 9.17) is 4.74 Å². The molecule has 1 aliphatic heterocycles. The van der Waals surface area contributed by atoms with Crippen molar-refractivity contribution in [3.05, 3.63) is 65.6 Å². The highest BCUT2D eigenvalue weighted by Gasteiger charge is 2.32. The lowest BCUT2D eigenvalue weighted by Gasteiger charge is -2.23. The van der Waals surface area contributed by atoms with Crippen molar-refractivity contribution in [1.82, 2.24) is 25.9 Å². The maximum Gasteiger partial charge on any atom is 0.212 e. The highest BCUT2D eigenvalue weighted by atomic mass is 19.1. The van der Waals surface area contributed by atoms with E-state index in [-0.39, 0.29) is 5.41 Å². The van der Waals surface area contributed by atoms with Gasteiger partial charge in [0.05, 0.1) is 31.4 Å². The zero-order valence-electron chi connectivity index (χ0n) is 22.3. The van der Waals surface area contributed by atoms with E-state index in [0.29, 0.717) is 57.4 Å². The van der Waals surface area contributed by atoms with E-state index in [1.165, 1.54) is 24.5 Å². The van der Waals surface area contributed by atoms with Crippen LogP contribution in [0.3, 0.4) is 0 Å². The number of nitrogens with zero attached hydrogens (tertiary/aromatic N) is 4. The van der Waals surface area contributed by atoms with Crippen LogP contribution in [0.4, 0.5) is 15.8 Å². The summed E-state index contributed by atoms with van der Waals surface area (Å²) in [6, 6.07) is 7.41. The first-order valence-electron chi connectivity index (χ1n) is 12.7. The maximum absolute atomic E-state index is 13.7. The number of ether oxygens (including phenoxy) is 1. The van der Waals surface area contributed by atoms with Crippen molar-refractivity contribution in [2.45, 2.75) is 45.7 Å². The molecule has 0 amide bonds. The van der Waals surface area contributed by atoms with Gasteiger partial charge in [0, 0.05) is 48.3 Å². The van der Waals surface area contributed by atoms with Crippen LogP contribution in [-0.4, -0.2) is 34.7 Å². The van der Waals surface area contributed by atoms with Crippen LogP contribution in [-0.2, 0) is 0 Å². The molecule has 2 aromatic heterocycles.